The number of likely N-dealkylation sites (N-methyl/N-ethyl adjacent to an activating group) is 1. The minimum atomic E-state index is -3.79. The van der Waals surface area contributed by atoms with Gasteiger partial charge >= 0.3 is 0 Å². The Balaban J connectivity index is 1.71. The van der Waals surface area contributed by atoms with Crippen molar-refractivity contribution in [1.82, 2.24) is 0 Å². The van der Waals surface area contributed by atoms with Gasteiger partial charge in [0.25, 0.3) is 15.8 Å². The van der Waals surface area contributed by atoms with E-state index in [-0.39, 0.29) is 17.2 Å². The second kappa shape index (κ2) is 9.65. The van der Waals surface area contributed by atoms with Gasteiger partial charge in [0.15, 0.2) is 0 Å². The number of rotatable bonds is 7. The summed E-state index contributed by atoms with van der Waals surface area (Å²) in [5.74, 6) is 0. The average molecular weight is 446 g/mol. The Labute approximate surface area is 188 Å². The van der Waals surface area contributed by atoms with Gasteiger partial charge in [-0.1, -0.05) is 35.9 Å². The lowest BCUT2D eigenvalue weighted by molar-refractivity contribution is 0.325. The van der Waals surface area contributed by atoms with Gasteiger partial charge < -0.3 is 4.90 Å². The fourth-order valence-corrected chi connectivity index (χ4v) is 4.12. The summed E-state index contributed by atoms with van der Waals surface area (Å²) in [6.45, 7) is 11.2. The van der Waals surface area contributed by atoms with E-state index in [0.717, 1.165) is 27.6 Å². The van der Waals surface area contributed by atoms with Gasteiger partial charge in [0, 0.05) is 19.3 Å². The number of anilines is 1. The number of hydrogen-bond acceptors (Lipinski definition) is 5. The molecule has 162 valence electrons. The van der Waals surface area contributed by atoms with Crippen LogP contribution < -0.4 is 4.90 Å². The quantitative estimate of drug-likeness (QED) is 0.285. The van der Waals surface area contributed by atoms with E-state index in [2.05, 4.69) is 4.85 Å². The van der Waals surface area contributed by atoms with Gasteiger partial charge in [-0.05, 0) is 66.1 Å². The number of nitriles is 1. The predicted molar refractivity (Wildman–Crippen MR) is 126 cm³/mol. The fourth-order valence-electron chi connectivity index (χ4n) is 3.22. The summed E-state index contributed by atoms with van der Waals surface area (Å²) in [5, 5.41) is 11.1. The fraction of sp³-hybridized carbons (Fsp3) is 0.200. The summed E-state index contributed by atoms with van der Waals surface area (Å²) in [7, 11) is -1.91. The molecule has 32 heavy (non-hydrogen) atoms. The Morgan fingerprint density at radius 1 is 1.09 bits per heavy atom. The molecule has 0 aliphatic rings. The molecule has 0 aromatic heterocycles. The van der Waals surface area contributed by atoms with Crippen molar-refractivity contribution in [2.45, 2.75) is 18.7 Å². The van der Waals surface area contributed by atoms with Gasteiger partial charge in [-0.25, -0.2) is 10.1 Å². The molecule has 0 heterocycles. The van der Waals surface area contributed by atoms with Crippen LogP contribution in [-0.2, 0) is 14.3 Å². The second-order valence-corrected chi connectivity index (χ2v) is 9.07. The molecule has 0 N–H and O–H groups in total. The van der Waals surface area contributed by atoms with Crippen LogP contribution in [0, 0.1) is 24.8 Å². The summed E-state index contributed by atoms with van der Waals surface area (Å²) in [6, 6.07) is 20.2. The third-order valence-electron chi connectivity index (χ3n) is 5.25. The zero-order chi connectivity index (χ0) is 23.3. The first-order valence-electron chi connectivity index (χ1n) is 9.95. The molecule has 0 amide bonds. The Morgan fingerprint density at radius 3 is 2.41 bits per heavy atom. The second-order valence-electron chi connectivity index (χ2n) is 7.45. The van der Waals surface area contributed by atoms with Gasteiger partial charge in [-0.3, -0.25) is 4.18 Å². The summed E-state index contributed by atoms with van der Waals surface area (Å²) >= 11 is 0. The van der Waals surface area contributed by atoms with Crippen LogP contribution in [0.3, 0.4) is 0 Å². The van der Waals surface area contributed by atoms with E-state index in [1.165, 1.54) is 0 Å². The summed E-state index contributed by atoms with van der Waals surface area (Å²) in [4.78, 5) is 5.35. The lowest BCUT2D eigenvalue weighted by atomic mass is 10.0. The molecular formula is C25H23N3O3S. The largest absolute Gasteiger partial charge is 0.372 e. The van der Waals surface area contributed by atoms with Crippen LogP contribution in [0.2, 0.25) is 0 Å². The van der Waals surface area contributed by atoms with Gasteiger partial charge in [0.1, 0.15) is 0 Å². The van der Waals surface area contributed by atoms with Crippen molar-refractivity contribution in [3.05, 3.63) is 88.9 Å². The van der Waals surface area contributed by atoms with E-state index >= 15 is 0 Å². The summed E-state index contributed by atoms with van der Waals surface area (Å²) in [6.07, 6.45) is 0. The zero-order valence-corrected chi connectivity index (χ0v) is 19.0. The molecule has 0 bridgehead atoms. The molecule has 0 aliphatic heterocycles. The molecule has 0 saturated carbocycles. The van der Waals surface area contributed by atoms with Gasteiger partial charge in [0.2, 0.25) is 0 Å². The number of aryl methyl sites for hydroxylation is 1. The predicted octanol–water partition coefficient (Wildman–Crippen LogP) is 5.16. The minimum Gasteiger partial charge on any atom is -0.372 e. The number of hydrogen-bond donors (Lipinski definition) is 0. The maximum atomic E-state index is 12.3. The highest BCUT2D eigenvalue weighted by molar-refractivity contribution is 7.86. The van der Waals surface area contributed by atoms with E-state index in [1.54, 1.807) is 31.2 Å². The highest BCUT2D eigenvalue weighted by atomic mass is 32.2. The van der Waals surface area contributed by atoms with Gasteiger partial charge in [0.05, 0.1) is 24.1 Å². The van der Waals surface area contributed by atoms with Crippen LogP contribution in [0.5, 0.6) is 0 Å². The third-order valence-corrected chi connectivity index (χ3v) is 6.57. The third kappa shape index (κ3) is 5.15. The van der Waals surface area contributed by atoms with Crippen molar-refractivity contribution in [2.75, 3.05) is 25.1 Å². The molecule has 7 heteroatoms. The smallest absolute Gasteiger partial charge is 0.297 e. The number of benzene rings is 3. The molecule has 0 saturated heterocycles. The Morgan fingerprint density at radius 2 is 1.75 bits per heavy atom. The van der Waals surface area contributed by atoms with Crippen LogP contribution in [-0.4, -0.2) is 28.6 Å². The van der Waals surface area contributed by atoms with Crippen molar-refractivity contribution >= 4 is 32.2 Å². The van der Waals surface area contributed by atoms with E-state index in [9.17, 15) is 8.42 Å². The number of allylic oxidation sites excluding steroid dienone is 2. The molecule has 0 fully saturated rings. The number of fused-ring (bicyclic) bond motifs is 1. The van der Waals surface area contributed by atoms with Crippen molar-refractivity contribution in [2.24, 2.45) is 0 Å². The van der Waals surface area contributed by atoms with Crippen LogP contribution in [0.25, 0.3) is 21.2 Å². The van der Waals surface area contributed by atoms with E-state index < -0.39 is 10.1 Å². The zero-order valence-electron chi connectivity index (χ0n) is 18.2. The van der Waals surface area contributed by atoms with Crippen molar-refractivity contribution < 1.29 is 12.6 Å². The SMILES string of the molecule is [C-]#[N+]/C(C#N)=C(/C)c1ccc2cc(N(C)CCOS(=O)(=O)c3ccc(C)cc3)ccc2c1. The van der Waals surface area contributed by atoms with Crippen molar-refractivity contribution in [1.29, 1.82) is 5.26 Å². The van der Waals surface area contributed by atoms with Crippen LogP contribution in [0.15, 0.2) is 71.3 Å². The van der Waals surface area contributed by atoms with Crippen LogP contribution in [0.1, 0.15) is 18.1 Å². The highest BCUT2D eigenvalue weighted by Crippen LogP contribution is 2.27. The molecule has 3 aromatic rings. The molecule has 0 spiro atoms. The molecule has 3 rings (SSSR count). The monoisotopic (exact) mass is 445 g/mol. The lowest BCUT2D eigenvalue weighted by Crippen LogP contribution is -2.24. The normalized spacial score (nSPS) is 12.0. The first-order valence-corrected chi connectivity index (χ1v) is 11.4. The Kier molecular flexibility index (Phi) is 6.95. The summed E-state index contributed by atoms with van der Waals surface area (Å²) in [5.41, 5.74) is 3.47. The van der Waals surface area contributed by atoms with Crippen LogP contribution in [0.4, 0.5) is 5.69 Å². The van der Waals surface area contributed by atoms with E-state index in [4.69, 9.17) is 16.0 Å². The molecular weight excluding hydrogens is 422 g/mol. The maximum absolute atomic E-state index is 12.3. The Bertz CT molecular complexity index is 1350. The topological polar surface area (TPSA) is 74.8 Å². The van der Waals surface area contributed by atoms with Gasteiger partial charge in [-0.15, -0.1) is 0 Å². The number of nitrogens with zero attached hydrogens (tertiary/aromatic N) is 3. The van der Waals surface area contributed by atoms with Crippen LogP contribution >= 0.6 is 0 Å². The summed E-state index contributed by atoms with van der Waals surface area (Å²) < 4.78 is 29.9. The first kappa shape index (κ1) is 23.0. The molecule has 6 nitrogen and oxygen atoms in total. The highest BCUT2D eigenvalue weighted by Gasteiger charge is 2.15. The lowest BCUT2D eigenvalue weighted by Gasteiger charge is -2.20. The maximum Gasteiger partial charge on any atom is 0.297 e. The molecule has 0 atom stereocenters. The van der Waals surface area contributed by atoms with E-state index in [0.29, 0.717) is 12.1 Å². The standard InChI is InChI=1S/C25H23N3O3S/c1-18-5-11-24(12-6-18)32(29,30)31-14-13-28(4)23-10-9-21-15-20(7-8-22(21)16-23)19(2)25(17-26)27-3/h5-12,15-16H,13-14H2,1-2,4H3/b25-19-. The van der Waals surface area contributed by atoms with Crippen molar-refractivity contribution in [3.8, 4) is 6.07 Å². The van der Waals surface area contributed by atoms with E-state index in [1.807, 2.05) is 61.3 Å². The molecule has 0 unspecified atom stereocenters. The average Bonchev–Trinajstić information content (AvgIpc) is 2.79. The molecule has 0 aliphatic carbocycles. The Hall–Kier alpha value is -3.65. The van der Waals surface area contributed by atoms with Crippen molar-refractivity contribution in [3.63, 3.8) is 0 Å². The van der Waals surface area contributed by atoms with Gasteiger partial charge in [-0.2, -0.15) is 8.42 Å². The first-order chi connectivity index (χ1) is 15.2. The molecule has 0 radical (unpaired) electrons. The minimum absolute atomic E-state index is 0.0290. The molecule has 3 aromatic carbocycles.